The number of ether oxygens (including phenoxy) is 1. The normalized spacial score (nSPS) is 11.7. The third kappa shape index (κ3) is 4.06. The Bertz CT molecular complexity index is 1250. The molecule has 2 heterocycles. The maximum Gasteiger partial charge on any atom is 0.294 e. The summed E-state index contributed by atoms with van der Waals surface area (Å²) in [4.78, 5) is 32.5. The Morgan fingerprint density at radius 2 is 1.94 bits per heavy atom. The van der Waals surface area contributed by atoms with Crippen molar-refractivity contribution in [2.75, 3.05) is 7.11 Å². The minimum atomic E-state index is -0.569. The highest BCUT2D eigenvalue weighted by atomic mass is 16.6. The molecule has 10 nitrogen and oxygen atoms in total. The first kappa shape index (κ1) is 20.8. The van der Waals surface area contributed by atoms with E-state index in [0.717, 1.165) is 5.56 Å². The zero-order valence-electron chi connectivity index (χ0n) is 17.4. The van der Waals surface area contributed by atoms with Crippen LogP contribution in [0.3, 0.4) is 0 Å². The largest absolute Gasteiger partial charge is 0.497 e. The number of aromatic nitrogens is 4. The van der Waals surface area contributed by atoms with Crippen molar-refractivity contribution in [1.82, 2.24) is 24.4 Å². The lowest BCUT2D eigenvalue weighted by Gasteiger charge is -2.19. The van der Waals surface area contributed by atoms with E-state index in [4.69, 9.17) is 4.74 Å². The highest BCUT2D eigenvalue weighted by Crippen LogP contribution is 2.26. The first-order chi connectivity index (χ1) is 15.5. The predicted octanol–water partition coefficient (Wildman–Crippen LogP) is 3.04. The van der Waals surface area contributed by atoms with Gasteiger partial charge in [0.05, 0.1) is 18.4 Å². The lowest BCUT2D eigenvalue weighted by Crippen LogP contribution is -2.31. The first-order valence-corrected chi connectivity index (χ1v) is 9.66. The second-order valence-corrected chi connectivity index (χ2v) is 7.01. The van der Waals surface area contributed by atoms with Crippen LogP contribution in [0.2, 0.25) is 0 Å². The minimum absolute atomic E-state index is 0.160. The zero-order valence-corrected chi connectivity index (χ0v) is 17.4. The van der Waals surface area contributed by atoms with Gasteiger partial charge in [-0.1, -0.05) is 12.1 Å². The summed E-state index contributed by atoms with van der Waals surface area (Å²) in [6.07, 6.45) is 8.01. The van der Waals surface area contributed by atoms with E-state index in [1.54, 1.807) is 48.5 Å². The maximum atomic E-state index is 13.1. The number of imidazole rings is 2. The number of nitro groups is 1. The van der Waals surface area contributed by atoms with Gasteiger partial charge in [-0.3, -0.25) is 14.9 Å². The highest BCUT2D eigenvalue weighted by molar-refractivity contribution is 5.95. The van der Waals surface area contributed by atoms with Crippen LogP contribution < -0.4 is 10.1 Å². The number of hydrogen-bond donors (Lipinski definition) is 1. The highest BCUT2D eigenvalue weighted by Gasteiger charge is 2.24. The molecular formula is C22H20N6O4. The fourth-order valence-corrected chi connectivity index (χ4v) is 3.39. The van der Waals surface area contributed by atoms with Gasteiger partial charge in [-0.15, -0.1) is 0 Å². The number of methoxy groups -OCH3 is 1. The number of nitrogens with one attached hydrogen (secondary N) is 1. The Balaban J connectivity index is 1.68. The Labute approximate surface area is 183 Å². The molecule has 4 rings (SSSR count). The molecule has 1 amide bonds. The van der Waals surface area contributed by atoms with Crippen LogP contribution in [0.25, 0.3) is 5.69 Å². The number of amides is 1. The standard InChI is InChI=1S/C22H20N6O4/c1-26-11-10-24-21(26)20(15-3-6-17(32-2)7-4-15)25-22(29)16-5-8-18(19(13-16)28(30)31)27-12-9-23-14-27/h3-14,20H,1-2H3,(H,25,29). The SMILES string of the molecule is COc1ccc(C(NC(=O)c2ccc(-n3ccnc3)c([N+](=O)[O-])c2)c2nccn2C)cc1. The number of nitrogens with zero attached hydrogens (tertiary/aromatic N) is 5. The van der Waals surface area contributed by atoms with Gasteiger partial charge in [0.1, 0.15) is 23.3 Å². The number of nitro benzene ring substituents is 1. The summed E-state index contributed by atoms with van der Waals surface area (Å²) in [5.41, 5.74) is 1.07. The molecule has 1 unspecified atom stereocenters. The molecule has 0 bridgehead atoms. The van der Waals surface area contributed by atoms with E-state index in [1.165, 1.54) is 29.2 Å². The quantitative estimate of drug-likeness (QED) is 0.354. The second kappa shape index (κ2) is 8.72. The predicted molar refractivity (Wildman–Crippen MR) is 116 cm³/mol. The number of carbonyl (C=O) groups is 1. The fourth-order valence-electron chi connectivity index (χ4n) is 3.39. The molecule has 2 aromatic carbocycles. The van der Waals surface area contributed by atoms with Crippen molar-refractivity contribution in [3.63, 3.8) is 0 Å². The smallest absolute Gasteiger partial charge is 0.294 e. The first-order valence-electron chi connectivity index (χ1n) is 9.66. The maximum absolute atomic E-state index is 13.1. The van der Waals surface area contributed by atoms with E-state index in [1.807, 2.05) is 19.2 Å². The zero-order chi connectivity index (χ0) is 22.7. The van der Waals surface area contributed by atoms with Gasteiger partial charge in [0, 0.05) is 43.5 Å². The summed E-state index contributed by atoms with van der Waals surface area (Å²) in [6.45, 7) is 0. The van der Waals surface area contributed by atoms with Crippen molar-refractivity contribution in [3.8, 4) is 11.4 Å². The Morgan fingerprint density at radius 3 is 2.53 bits per heavy atom. The molecule has 1 atom stereocenters. The van der Waals surface area contributed by atoms with Crippen LogP contribution in [-0.2, 0) is 7.05 Å². The summed E-state index contributed by atoms with van der Waals surface area (Å²) in [5, 5.41) is 14.6. The average molecular weight is 432 g/mol. The van der Waals surface area contributed by atoms with Gasteiger partial charge in [-0.25, -0.2) is 9.97 Å². The van der Waals surface area contributed by atoms with E-state index in [0.29, 0.717) is 17.3 Å². The van der Waals surface area contributed by atoms with Crippen molar-refractivity contribution >= 4 is 11.6 Å². The Hall–Kier alpha value is -4.47. The van der Waals surface area contributed by atoms with Crippen LogP contribution in [0.15, 0.2) is 73.6 Å². The topological polar surface area (TPSA) is 117 Å². The van der Waals surface area contributed by atoms with Gasteiger partial charge in [0.2, 0.25) is 0 Å². The van der Waals surface area contributed by atoms with Crippen LogP contribution in [-0.4, -0.2) is 37.0 Å². The van der Waals surface area contributed by atoms with E-state index >= 15 is 0 Å². The monoisotopic (exact) mass is 432 g/mol. The van der Waals surface area contributed by atoms with Crippen molar-refractivity contribution in [1.29, 1.82) is 0 Å². The van der Waals surface area contributed by atoms with E-state index in [9.17, 15) is 14.9 Å². The second-order valence-electron chi connectivity index (χ2n) is 7.01. The molecule has 32 heavy (non-hydrogen) atoms. The molecule has 0 spiro atoms. The van der Waals surface area contributed by atoms with Crippen LogP contribution in [0, 0.1) is 10.1 Å². The van der Waals surface area contributed by atoms with Gasteiger partial charge < -0.3 is 19.2 Å². The molecule has 0 aliphatic heterocycles. The molecule has 0 aliphatic carbocycles. The average Bonchev–Trinajstić information content (AvgIpc) is 3.49. The molecular weight excluding hydrogens is 412 g/mol. The van der Waals surface area contributed by atoms with Crippen LogP contribution >= 0.6 is 0 Å². The summed E-state index contributed by atoms with van der Waals surface area (Å²) < 4.78 is 8.54. The fraction of sp³-hybridized carbons (Fsp3) is 0.136. The number of benzene rings is 2. The molecule has 162 valence electrons. The minimum Gasteiger partial charge on any atom is -0.497 e. The summed E-state index contributed by atoms with van der Waals surface area (Å²) in [7, 11) is 3.41. The molecule has 1 N–H and O–H groups in total. The van der Waals surface area contributed by atoms with E-state index in [2.05, 4.69) is 15.3 Å². The summed E-state index contributed by atoms with van der Waals surface area (Å²) in [6, 6.07) is 11.0. The van der Waals surface area contributed by atoms with Crippen LogP contribution in [0.5, 0.6) is 5.75 Å². The van der Waals surface area contributed by atoms with Crippen molar-refractivity contribution in [2.45, 2.75) is 6.04 Å². The third-order valence-corrected chi connectivity index (χ3v) is 5.06. The summed E-state index contributed by atoms with van der Waals surface area (Å²) >= 11 is 0. The number of rotatable bonds is 7. The molecule has 0 aliphatic rings. The molecule has 0 saturated carbocycles. The van der Waals surface area contributed by atoms with Crippen molar-refractivity contribution in [3.05, 3.63) is 101 Å². The van der Waals surface area contributed by atoms with Crippen molar-refractivity contribution in [2.24, 2.45) is 7.05 Å². The number of hydrogen-bond acceptors (Lipinski definition) is 6. The number of carbonyl (C=O) groups excluding carboxylic acids is 1. The van der Waals surface area contributed by atoms with Crippen LogP contribution in [0.4, 0.5) is 5.69 Å². The van der Waals surface area contributed by atoms with Gasteiger partial charge in [-0.05, 0) is 29.8 Å². The molecule has 0 fully saturated rings. The van der Waals surface area contributed by atoms with Gasteiger partial charge >= 0.3 is 0 Å². The van der Waals surface area contributed by atoms with Gasteiger partial charge in [-0.2, -0.15) is 0 Å². The lowest BCUT2D eigenvalue weighted by molar-refractivity contribution is -0.384. The molecule has 4 aromatic rings. The third-order valence-electron chi connectivity index (χ3n) is 5.06. The Kier molecular flexibility index (Phi) is 5.67. The molecule has 2 aromatic heterocycles. The van der Waals surface area contributed by atoms with Crippen molar-refractivity contribution < 1.29 is 14.5 Å². The van der Waals surface area contributed by atoms with E-state index < -0.39 is 16.9 Å². The molecule has 0 saturated heterocycles. The van der Waals surface area contributed by atoms with Crippen LogP contribution in [0.1, 0.15) is 27.8 Å². The van der Waals surface area contributed by atoms with E-state index in [-0.39, 0.29) is 11.3 Å². The van der Waals surface area contributed by atoms with Gasteiger partial charge in [0.25, 0.3) is 11.6 Å². The molecule has 0 radical (unpaired) electrons. The number of aryl methyl sites for hydroxylation is 1. The van der Waals surface area contributed by atoms with Gasteiger partial charge in [0.15, 0.2) is 0 Å². The molecule has 10 heteroatoms. The lowest BCUT2D eigenvalue weighted by atomic mass is 10.0. The summed E-state index contributed by atoms with van der Waals surface area (Å²) in [5.74, 6) is 0.839. The Morgan fingerprint density at radius 1 is 1.16 bits per heavy atom.